The zero-order chi connectivity index (χ0) is 43.8. The quantitative estimate of drug-likeness (QED) is 0.0434. The van der Waals surface area contributed by atoms with Gasteiger partial charge in [-0.15, -0.1) is 0 Å². The molecule has 6 N–H and O–H groups in total. The number of rotatable bonds is 10. The summed E-state index contributed by atoms with van der Waals surface area (Å²) in [6, 6.07) is 28.4. The number of H-pyrrole nitrogens is 2. The molecule has 0 atom stereocenters. The lowest BCUT2D eigenvalue weighted by molar-refractivity contribution is 0.234. The Bertz CT molecular complexity index is 2790. The van der Waals surface area contributed by atoms with Crippen LogP contribution in [-0.2, 0) is 13.1 Å². The van der Waals surface area contributed by atoms with Gasteiger partial charge in [-0.05, 0) is 75.3 Å². The van der Waals surface area contributed by atoms with E-state index in [2.05, 4.69) is 62.2 Å². The van der Waals surface area contributed by atoms with Crippen LogP contribution in [0.1, 0.15) is 99.1 Å². The first-order chi connectivity index (χ1) is 31.6. The third-order valence-corrected chi connectivity index (χ3v) is 12.8. The SMILES string of the molecule is N#CCC1CCC(n2c(CN=C(NO)c3ccccc3)nc3cnc4[nH]ccc4c32)CC1.N#CCC1CCC(n2c(CN=C(NO)c3ccccc3)nc3cnc4[nH]ccc4c32)CC1. The lowest BCUT2D eigenvalue weighted by Crippen LogP contribution is -2.22. The molecule has 16 heteroatoms. The van der Waals surface area contributed by atoms with E-state index in [1.807, 2.05) is 97.6 Å². The molecule has 10 rings (SSSR count). The molecule has 8 aromatic rings. The van der Waals surface area contributed by atoms with Crippen LogP contribution in [0.2, 0.25) is 0 Å². The molecule has 6 heterocycles. The largest absolute Gasteiger partial charge is 0.346 e. The number of aliphatic imine (C=N–C) groups is 2. The van der Waals surface area contributed by atoms with Crippen molar-refractivity contribution in [3.05, 3.63) is 120 Å². The van der Waals surface area contributed by atoms with E-state index < -0.39 is 0 Å². The van der Waals surface area contributed by atoms with Crippen LogP contribution in [0.4, 0.5) is 0 Å². The number of fused-ring (bicyclic) bond motifs is 6. The highest BCUT2D eigenvalue weighted by Gasteiger charge is 2.28. The zero-order valence-electron chi connectivity index (χ0n) is 35.4. The van der Waals surface area contributed by atoms with Crippen LogP contribution in [0.5, 0.6) is 0 Å². The summed E-state index contributed by atoms with van der Waals surface area (Å²) in [4.78, 5) is 34.5. The minimum Gasteiger partial charge on any atom is -0.346 e. The summed E-state index contributed by atoms with van der Waals surface area (Å²) in [6.45, 7) is 0.660. The minimum absolute atomic E-state index is 0.294. The maximum absolute atomic E-state index is 9.66. The zero-order valence-corrected chi connectivity index (χ0v) is 35.4. The van der Waals surface area contributed by atoms with Crippen molar-refractivity contribution in [3.63, 3.8) is 0 Å². The number of nitriles is 2. The number of amidine groups is 2. The molecular formula is C48H50N14O2. The molecule has 0 radical (unpaired) electrons. The Hall–Kier alpha value is -7.40. The number of nitrogens with zero attached hydrogens (tertiary/aromatic N) is 10. The Labute approximate surface area is 369 Å². The Morgan fingerprint density at radius 3 is 1.39 bits per heavy atom. The topological polar surface area (TPSA) is 230 Å². The summed E-state index contributed by atoms with van der Waals surface area (Å²) in [6.07, 6.45) is 16.8. The Morgan fingerprint density at radius 2 is 1.02 bits per heavy atom. The number of aromatic amines is 2. The summed E-state index contributed by atoms with van der Waals surface area (Å²) in [5, 5.41) is 39.6. The number of imidazole rings is 2. The lowest BCUT2D eigenvalue weighted by atomic mass is 9.84. The molecule has 0 spiro atoms. The summed E-state index contributed by atoms with van der Waals surface area (Å²) >= 11 is 0. The first-order valence-corrected chi connectivity index (χ1v) is 22.0. The normalized spacial score (nSPS) is 19.3. The second-order valence-electron chi connectivity index (χ2n) is 16.6. The van der Waals surface area contributed by atoms with Crippen LogP contribution >= 0.6 is 0 Å². The van der Waals surface area contributed by atoms with E-state index >= 15 is 0 Å². The summed E-state index contributed by atoms with van der Waals surface area (Å²) in [5.41, 5.74) is 11.6. The maximum Gasteiger partial charge on any atom is 0.152 e. The molecule has 2 aliphatic rings. The van der Waals surface area contributed by atoms with E-state index in [0.717, 1.165) is 118 Å². The van der Waals surface area contributed by atoms with E-state index in [9.17, 15) is 10.4 Å². The van der Waals surface area contributed by atoms with Gasteiger partial charge in [-0.3, -0.25) is 31.4 Å². The molecule has 0 amide bonds. The molecule has 2 saturated carbocycles. The number of hydrogen-bond donors (Lipinski definition) is 6. The fourth-order valence-corrected chi connectivity index (χ4v) is 9.64. The van der Waals surface area contributed by atoms with Crippen LogP contribution in [0.25, 0.3) is 44.1 Å². The number of nitrogens with one attached hydrogen (secondary N) is 4. The predicted octanol–water partition coefficient (Wildman–Crippen LogP) is 8.97. The first-order valence-electron chi connectivity index (χ1n) is 22.0. The highest BCUT2D eigenvalue weighted by Crippen LogP contribution is 2.39. The first kappa shape index (κ1) is 41.9. The van der Waals surface area contributed by atoms with Gasteiger partial charge >= 0.3 is 0 Å². The third kappa shape index (κ3) is 8.66. The van der Waals surface area contributed by atoms with Gasteiger partial charge in [0.05, 0.1) is 48.7 Å². The molecule has 0 bridgehead atoms. The highest BCUT2D eigenvalue weighted by molar-refractivity contribution is 6.02. The van der Waals surface area contributed by atoms with Gasteiger partial charge in [0.25, 0.3) is 0 Å². The Morgan fingerprint density at radius 1 is 0.609 bits per heavy atom. The Balaban J connectivity index is 0.000000162. The highest BCUT2D eigenvalue weighted by atomic mass is 16.5. The van der Waals surface area contributed by atoms with Crippen molar-refractivity contribution in [2.75, 3.05) is 0 Å². The van der Waals surface area contributed by atoms with Crippen LogP contribution in [0, 0.1) is 34.5 Å². The van der Waals surface area contributed by atoms with E-state index in [1.165, 1.54) is 0 Å². The monoisotopic (exact) mass is 854 g/mol. The standard InChI is InChI=1S/2C24H25N7O/c2*25-12-10-16-6-8-18(9-7-16)31-21(15-28-23(30-32)17-4-2-1-3-5-17)29-20-14-27-24-19(22(20)31)11-13-26-24/h2*1-5,11,13-14,16,18,32H,6-10,15H2,(H,26,27)(H,28,30). The molecule has 0 aliphatic heterocycles. The number of hydroxylamine groups is 2. The van der Waals surface area contributed by atoms with Gasteiger partial charge in [0.1, 0.15) is 34.0 Å². The van der Waals surface area contributed by atoms with Gasteiger partial charge in [-0.25, -0.2) is 19.9 Å². The van der Waals surface area contributed by atoms with E-state index in [4.69, 9.17) is 20.5 Å². The van der Waals surface area contributed by atoms with Crippen molar-refractivity contribution < 1.29 is 10.4 Å². The van der Waals surface area contributed by atoms with Gasteiger partial charge in [-0.1, -0.05) is 60.7 Å². The third-order valence-electron chi connectivity index (χ3n) is 12.8. The number of benzene rings is 2. The molecule has 2 aliphatic carbocycles. The minimum atomic E-state index is 0.294. The second-order valence-corrected chi connectivity index (χ2v) is 16.6. The molecular weight excluding hydrogens is 805 g/mol. The van der Waals surface area contributed by atoms with Crippen molar-refractivity contribution in [2.24, 2.45) is 21.8 Å². The number of hydrogen-bond acceptors (Lipinski definition) is 10. The van der Waals surface area contributed by atoms with Crippen molar-refractivity contribution in [3.8, 4) is 12.1 Å². The van der Waals surface area contributed by atoms with Crippen molar-refractivity contribution in [2.45, 2.75) is 89.4 Å². The summed E-state index contributed by atoms with van der Waals surface area (Å²) in [5.74, 6) is 3.47. The van der Waals surface area contributed by atoms with Crippen molar-refractivity contribution in [1.29, 1.82) is 10.5 Å². The van der Waals surface area contributed by atoms with Gasteiger partial charge in [0.2, 0.25) is 0 Å². The number of pyridine rings is 2. The fraction of sp³-hybridized carbons (Fsp3) is 0.333. The van der Waals surface area contributed by atoms with Crippen molar-refractivity contribution in [1.82, 2.24) is 50.0 Å². The maximum atomic E-state index is 9.66. The van der Waals surface area contributed by atoms with E-state index in [0.29, 0.717) is 61.5 Å². The van der Waals surface area contributed by atoms with Gasteiger partial charge < -0.3 is 19.1 Å². The Kier molecular flexibility index (Phi) is 12.7. The van der Waals surface area contributed by atoms with E-state index in [1.54, 1.807) is 0 Å². The second kappa shape index (κ2) is 19.3. The molecule has 324 valence electrons. The van der Waals surface area contributed by atoms with E-state index in [-0.39, 0.29) is 0 Å². The van der Waals surface area contributed by atoms with Gasteiger partial charge in [-0.2, -0.15) is 10.5 Å². The fourth-order valence-electron chi connectivity index (χ4n) is 9.64. The predicted molar refractivity (Wildman–Crippen MR) is 244 cm³/mol. The molecule has 2 fully saturated rings. The van der Waals surface area contributed by atoms with Gasteiger partial charge in [0.15, 0.2) is 11.7 Å². The number of aromatic nitrogens is 8. The average Bonchev–Trinajstić information content (AvgIpc) is 4.16. The lowest BCUT2D eigenvalue weighted by Gasteiger charge is -2.29. The summed E-state index contributed by atoms with van der Waals surface area (Å²) < 4.78 is 4.64. The molecule has 0 unspecified atom stereocenters. The summed E-state index contributed by atoms with van der Waals surface area (Å²) in [7, 11) is 0. The molecule has 0 saturated heterocycles. The van der Waals surface area contributed by atoms with Crippen LogP contribution in [-0.4, -0.2) is 61.1 Å². The molecule has 64 heavy (non-hydrogen) atoms. The smallest absolute Gasteiger partial charge is 0.152 e. The molecule has 6 aromatic heterocycles. The van der Waals surface area contributed by atoms with Crippen molar-refractivity contribution >= 4 is 55.8 Å². The van der Waals surface area contributed by atoms with Crippen LogP contribution in [0.15, 0.2) is 108 Å². The average molecular weight is 855 g/mol. The van der Waals surface area contributed by atoms with Crippen LogP contribution < -0.4 is 11.0 Å². The van der Waals surface area contributed by atoms with Gasteiger partial charge in [0, 0.05) is 59.2 Å². The molecule has 2 aromatic carbocycles. The van der Waals surface area contributed by atoms with Crippen LogP contribution in [0.3, 0.4) is 0 Å². The molecule has 16 nitrogen and oxygen atoms in total.